The Balaban J connectivity index is 2.08. The summed E-state index contributed by atoms with van der Waals surface area (Å²) >= 11 is 6.13. The Morgan fingerprint density at radius 3 is 2.60 bits per heavy atom. The van der Waals surface area contributed by atoms with Crippen LogP contribution < -0.4 is 10.1 Å². The number of hydrogen-bond acceptors (Lipinski definition) is 2. The molecule has 112 valence electrons. The fourth-order valence-electron chi connectivity index (χ4n) is 3.34. The third-order valence-corrected chi connectivity index (χ3v) is 4.92. The first-order valence-corrected chi connectivity index (χ1v) is 8.01. The van der Waals surface area contributed by atoms with Gasteiger partial charge < -0.3 is 10.1 Å². The van der Waals surface area contributed by atoms with Crippen LogP contribution in [0.15, 0.2) is 18.2 Å². The highest BCUT2D eigenvalue weighted by atomic mass is 35.5. The maximum absolute atomic E-state index is 6.13. The molecule has 1 aliphatic rings. The van der Waals surface area contributed by atoms with Gasteiger partial charge >= 0.3 is 0 Å². The first-order valence-electron chi connectivity index (χ1n) is 7.63. The van der Waals surface area contributed by atoms with Gasteiger partial charge in [0, 0.05) is 11.1 Å². The molecule has 1 unspecified atom stereocenters. The summed E-state index contributed by atoms with van der Waals surface area (Å²) in [6.07, 6.45) is 6.36. The second-order valence-electron chi connectivity index (χ2n) is 6.08. The molecule has 1 N–H and O–H groups in total. The molecule has 0 aromatic heterocycles. The fraction of sp³-hybridized carbons (Fsp3) is 0.647. The molecule has 3 heteroatoms. The molecule has 0 bridgehead atoms. The van der Waals surface area contributed by atoms with Gasteiger partial charge in [-0.3, -0.25) is 0 Å². The lowest BCUT2D eigenvalue weighted by Crippen LogP contribution is -2.37. The van der Waals surface area contributed by atoms with Gasteiger partial charge in [0.1, 0.15) is 5.75 Å². The van der Waals surface area contributed by atoms with Crippen molar-refractivity contribution in [2.24, 2.45) is 11.8 Å². The first-order chi connectivity index (χ1) is 9.63. The number of rotatable bonds is 5. The highest BCUT2D eigenvalue weighted by molar-refractivity contribution is 6.30. The molecule has 0 heterocycles. The van der Waals surface area contributed by atoms with Crippen LogP contribution in [0.2, 0.25) is 5.02 Å². The number of nitrogens with one attached hydrogen (secondary N) is 1. The molecule has 2 rings (SSSR count). The summed E-state index contributed by atoms with van der Waals surface area (Å²) in [5, 5.41) is 4.29. The predicted molar refractivity (Wildman–Crippen MR) is 85.7 cm³/mol. The van der Waals surface area contributed by atoms with E-state index in [1.54, 1.807) is 7.11 Å². The van der Waals surface area contributed by atoms with Gasteiger partial charge in [-0.15, -0.1) is 0 Å². The molecule has 1 fully saturated rings. The van der Waals surface area contributed by atoms with E-state index in [0.717, 1.165) is 29.0 Å². The van der Waals surface area contributed by atoms with Gasteiger partial charge in [-0.2, -0.15) is 0 Å². The van der Waals surface area contributed by atoms with E-state index in [4.69, 9.17) is 16.3 Å². The molecule has 0 spiro atoms. The van der Waals surface area contributed by atoms with Crippen LogP contribution in [0.1, 0.15) is 38.2 Å². The monoisotopic (exact) mass is 295 g/mol. The average Bonchev–Trinajstić information content (AvgIpc) is 2.46. The van der Waals surface area contributed by atoms with Crippen molar-refractivity contribution in [1.82, 2.24) is 5.32 Å². The van der Waals surface area contributed by atoms with Gasteiger partial charge in [-0.1, -0.05) is 31.4 Å². The van der Waals surface area contributed by atoms with Crippen molar-refractivity contribution in [1.29, 1.82) is 0 Å². The van der Waals surface area contributed by atoms with Crippen LogP contribution in [0.5, 0.6) is 5.75 Å². The normalized spacial score (nSPS) is 24.4. The van der Waals surface area contributed by atoms with Gasteiger partial charge in [0.2, 0.25) is 0 Å². The molecule has 20 heavy (non-hydrogen) atoms. The van der Waals surface area contributed by atoms with Crippen molar-refractivity contribution in [3.05, 3.63) is 28.8 Å². The van der Waals surface area contributed by atoms with Gasteiger partial charge in [0.15, 0.2) is 0 Å². The molecule has 0 saturated heterocycles. The van der Waals surface area contributed by atoms with Crippen LogP contribution in [0.25, 0.3) is 0 Å². The number of likely N-dealkylation sites (N-methyl/N-ethyl adjacent to an activating group) is 1. The van der Waals surface area contributed by atoms with Crippen LogP contribution in [0, 0.1) is 11.8 Å². The maximum Gasteiger partial charge on any atom is 0.122 e. The van der Waals surface area contributed by atoms with Gasteiger partial charge in [-0.25, -0.2) is 0 Å². The van der Waals surface area contributed by atoms with E-state index in [-0.39, 0.29) is 0 Å². The highest BCUT2D eigenvalue weighted by Crippen LogP contribution is 2.33. The molecular weight excluding hydrogens is 270 g/mol. The molecule has 1 atom stereocenters. The zero-order valence-electron chi connectivity index (χ0n) is 12.8. The topological polar surface area (TPSA) is 21.3 Å². The molecule has 2 nitrogen and oxygen atoms in total. The second-order valence-corrected chi connectivity index (χ2v) is 6.51. The Bertz CT molecular complexity index is 427. The molecule has 1 saturated carbocycles. The third kappa shape index (κ3) is 3.89. The molecule has 1 aliphatic carbocycles. The van der Waals surface area contributed by atoms with E-state index in [1.165, 1.54) is 31.2 Å². The van der Waals surface area contributed by atoms with E-state index < -0.39 is 0 Å². The molecular formula is C17H26ClNO. The molecule has 0 amide bonds. The van der Waals surface area contributed by atoms with Crippen LogP contribution in [0.3, 0.4) is 0 Å². The average molecular weight is 296 g/mol. The fourth-order valence-corrected chi connectivity index (χ4v) is 3.53. The van der Waals surface area contributed by atoms with Crippen LogP contribution in [0.4, 0.5) is 0 Å². The smallest absolute Gasteiger partial charge is 0.122 e. The lowest BCUT2D eigenvalue weighted by atomic mass is 9.77. The predicted octanol–water partition coefficient (Wildman–Crippen LogP) is 4.31. The Morgan fingerprint density at radius 1 is 1.30 bits per heavy atom. The number of benzene rings is 1. The zero-order valence-corrected chi connectivity index (χ0v) is 13.5. The van der Waals surface area contributed by atoms with Crippen LogP contribution in [-0.4, -0.2) is 20.2 Å². The highest BCUT2D eigenvalue weighted by Gasteiger charge is 2.26. The molecule has 0 aliphatic heterocycles. The molecule has 1 aromatic carbocycles. The van der Waals surface area contributed by atoms with E-state index in [0.29, 0.717) is 6.04 Å². The zero-order chi connectivity index (χ0) is 14.5. The van der Waals surface area contributed by atoms with Crippen LogP contribution >= 0.6 is 11.6 Å². The number of methoxy groups -OCH3 is 1. The third-order valence-electron chi connectivity index (χ3n) is 4.68. The number of halogens is 1. The first kappa shape index (κ1) is 15.7. The lowest BCUT2D eigenvalue weighted by Gasteiger charge is -2.33. The van der Waals surface area contributed by atoms with E-state index in [1.807, 2.05) is 18.2 Å². The summed E-state index contributed by atoms with van der Waals surface area (Å²) in [7, 11) is 3.79. The SMILES string of the molecule is CNC(Cc1cc(Cl)ccc1OC)C1CCC(C)CC1. The Hall–Kier alpha value is -0.730. The van der Waals surface area contributed by atoms with Gasteiger partial charge in [0.05, 0.1) is 7.11 Å². The van der Waals surface area contributed by atoms with Crippen molar-refractivity contribution in [2.45, 2.75) is 45.1 Å². The molecule has 1 aromatic rings. The van der Waals surface area contributed by atoms with Crippen molar-refractivity contribution < 1.29 is 4.74 Å². The van der Waals surface area contributed by atoms with Crippen LogP contribution in [-0.2, 0) is 6.42 Å². The van der Waals surface area contributed by atoms with E-state index in [2.05, 4.69) is 19.3 Å². The molecule has 0 radical (unpaired) electrons. The van der Waals surface area contributed by atoms with Crippen molar-refractivity contribution in [3.8, 4) is 5.75 Å². The van der Waals surface area contributed by atoms with Gasteiger partial charge in [0.25, 0.3) is 0 Å². The minimum Gasteiger partial charge on any atom is -0.496 e. The summed E-state index contributed by atoms with van der Waals surface area (Å²) in [5.41, 5.74) is 1.21. The summed E-state index contributed by atoms with van der Waals surface area (Å²) in [4.78, 5) is 0. The second kappa shape index (κ2) is 7.33. The standard InChI is InChI=1S/C17H26ClNO/c1-12-4-6-13(7-5-12)16(19-2)11-14-10-15(18)8-9-17(14)20-3/h8-10,12-13,16,19H,4-7,11H2,1-3H3. The van der Waals surface area contributed by atoms with Crippen molar-refractivity contribution in [2.75, 3.05) is 14.2 Å². The number of hydrogen-bond donors (Lipinski definition) is 1. The van der Waals surface area contributed by atoms with E-state index in [9.17, 15) is 0 Å². The Labute approximate surface area is 127 Å². The maximum atomic E-state index is 6.13. The quantitative estimate of drug-likeness (QED) is 0.874. The summed E-state index contributed by atoms with van der Waals surface area (Å²) in [5.74, 6) is 2.60. The Kier molecular flexibility index (Phi) is 5.74. The number of ether oxygens (including phenoxy) is 1. The van der Waals surface area contributed by atoms with Crippen molar-refractivity contribution >= 4 is 11.6 Å². The van der Waals surface area contributed by atoms with E-state index >= 15 is 0 Å². The van der Waals surface area contributed by atoms with Crippen molar-refractivity contribution in [3.63, 3.8) is 0 Å². The summed E-state index contributed by atoms with van der Waals surface area (Å²) < 4.78 is 5.46. The van der Waals surface area contributed by atoms with Gasteiger partial charge in [-0.05, 0) is 61.9 Å². The summed E-state index contributed by atoms with van der Waals surface area (Å²) in [6, 6.07) is 6.40. The summed E-state index contributed by atoms with van der Waals surface area (Å²) in [6.45, 7) is 2.37. The minimum absolute atomic E-state index is 0.509. The minimum atomic E-state index is 0.509. The largest absolute Gasteiger partial charge is 0.496 e. The Morgan fingerprint density at radius 2 is 2.00 bits per heavy atom. The lowest BCUT2D eigenvalue weighted by molar-refractivity contribution is 0.234.